The zero-order valence-corrected chi connectivity index (χ0v) is 10.7. The third kappa shape index (κ3) is 1.29. The molecule has 1 saturated carbocycles. The Hall–Kier alpha value is -1.71. The van der Waals surface area contributed by atoms with Gasteiger partial charge in [0, 0.05) is 6.04 Å². The van der Waals surface area contributed by atoms with Crippen molar-refractivity contribution in [3.8, 4) is 5.75 Å². The molecule has 0 atom stereocenters. The summed E-state index contributed by atoms with van der Waals surface area (Å²) in [4.78, 5) is 14.5. The number of rotatable bonds is 1. The highest BCUT2D eigenvalue weighted by Gasteiger charge is 2.53. The van der Waals surface area contributed by atoms with Crippen molar-refractivity contribution in [2.45, 2.75) is 44.7 Å². The molecule has 2 N–H and O–H groups in total. The second-order valence-electron chi connectivity index (χ2n) is 5.48. The van der Waals surface area contributed by atoms with Crippen molar-refractivity contribution in [2.24, 2.45) is 0 Å². The summed E-state index contributed by atoms with van der Waals surface area (Å²) in [6.45, 7) is 4.13. The summed E-state index contributed by atoms with van der Waals surface area (Å²) in [5, 5.41) is 13.1. The van der Waals surface area contributed by atoms with Crippen LogP contribution < -0.4 is 10.2 Å². The molecular weight excluding hydrogens is 228 g/mol. The summed E-state index contributed by atoms with van der Waals surface area (Å²) in [5.41, 5.74) is 1.04. The molecule has 0 radical (unpaired) electrons. The fourth-order valence-electron chi connectivity index (χ4n) is 3.18. The lowest BCUT2D eigenvalue weighted by Crippen LogP contribution is -2.65. The number of benzene rings is 1. The summed E-state index contributed by atoms with van der Waals surface area (Å²) in [6, 6.07) is 5.46. The Labute approximate surface area is 107 Å². The molecule has 2 aliphatic rings. The van der Waals surface area contributed by atoms with E-state index in [1.54, 1.807) is 12.1 Å². The van der Waals surface area contributed by atoms with Gasteiger partial charge in [-0.3, -0.25) is 4.79 Å². The highest BCUT2D eigenvalue weighted by atomic mass is 16.3. The number of hydrogen-bond donors (Lipinski definition) is 2. The first kappa shape index (κ1) is 11.4. The molecule has 1 aliphatic carbocycles. The maximum atomic E-state index is 12.4. The van der Waals surface area contributed by atoms with Crippen molar-refractivity contribution < 1.29 is 9.90 Å². The van der Waals surface area contributed by atoms with Gasteiger partial charge in [-0.25, -0.2) is 0 Å². The van der Waals surface area contributed by atoms with Gasteiger partial charge in [0.1, 0.15) is 17.0 Å². The fraction of sp³-hybridized carbons (Fsp3) is 0.500. The molecule has 1 aliphatic heterocycles. The smallest absolute Gasteiger partial charge is 0.250 e. The van der Waals surface area contributed by atoms with Gasteiger partial charge in [0.2, 0.25) is 5.91 Å². The summed E-state index contributed by atoms with van der Waals surface area (Å²) in [7, 11) is 0. The Bertz CT molecular complexity index is 507. The number of hydrogen-bond acceptors (Lipinski definition) is 3. The predicted molar refractivity (Wildman–Crippen MR) is 70.9 cm³/mol. The van der Waals surface area contributed by atoms with Crippen LogP contribution in [-0.2, 0) is 4.79 Å². The third-order valence-electron chi connectivity index (χ3n) is 4.08. The average Bonchev–Trinajstić information content (AvgIpc) is 2.24. The molecule has 1 fully saturated rings. The lowest BCUT2D eigenvalue weighted by molar-refractivity contribution is -0.124. The van der Waals surface area contributed by atoms with Gasteiger partial charge in [0.05, 0.1) is 5.69 Å². The minimum absolute atomic E-state index is 0.0700. The Balaban J connectivity index is 2.19. The van der Waals surface area contributed by atoms with Gasteiger partial charge in [-0.05, 0) is 45.2 Å². The van der Waals surface area contributed by atoms with E-state index in [9.17, 15) is 9.90 Å². The van der Waals surface area contributed by atoms with Crippen LogP contribution in [0.3, 0.4) is 0 Å². The lowest BCUT2D eigenvalue weighted by Gasteiger charge is -2.54. The average molecular weight is 246 g/mol. The standard InChI is InChI=1S/C14H18N2O2/c1-9(2)16-12-10(5-3-6-11(12)17)15-13(18)14(16)7-4-8-14/h3,5-6,9,17H,4,7-8H2,1-2H3,(H,15,18). The molecule has 18 heavy (non-hydrogen) atoms. The monoisotopic (exact) mass is 246 g/mol. The Kier molecular flexibility index (Phi) is 2.30. The van der Waals surface area contributed by atoms with Crippen LogP contribution in [0.1, 0.15) is 33.1 Å². The van der Waals surface area contributed by atoms with E-state index in [0.717, 1.165) is 24.9 Å². The fourth-order valence-corrected chi connectivity index (χ4v) is 3.18. The van der Waals surface area contributed by atoms with E-state index >= 15 is 0 Å². The number of nitrogens with one attached hydrogen (secondary N) is 1. The van der Waals surface area contributed by atoms with E-state index < -0.39 is 5.54 Å². The summed E-state index contributed by atoms with van der Waals surface area (Å²) in [5.74, 6) is 0.313. The number of nitrogens with zero attached hydrogens (tertiary/aromatic N) is 1. The van der Waals surface area contributed by atoms with Crippen LogP contribution in [0.25, 0.3) is 0 Å². The van der Waals surface area contributed by atoms with E-state index in [0.29, 0.717) is 5.69 Å². The summed E-state index contributed by atoms with van der Waals surface area (Å²) < 4.78 is 0. The first-order valence-electron chi connectivity index (χ1n) is 6.49. The minimum Gasteiger partial charge on any atom is -0.506 e. The molecule has 4 heteroatoms. The van der Waals surface area contributed by atoms with E-state index in [-0.39, 0.29) is 17.7 Å². The van der Waals surface area contributed by atoms with E-state index in [1.165, 1.54) is 0 Å². The molecule has 4 nitrogen and oxygen atoms in total. The highest BCUT2D eigenvalue weighted by Crippen LogP contribution is 2.50. The number of phenolic OH excluding ortho intramolecular Hbond substituents is 1. The van der Waals surface area contributed by atoms with Crippen LogP contribution in [0.5, 0.6) is 5.75 Å². The molecule has 3 rings (SSSR count). The second-order valence-corrected chi connectivity index (χ2v) is 5.48. The molecule has 0 aromatic heterocycles. The van der Waals surface area contributed by atoms with Crippen LogP contribution in [-0.4, -0.2) is 22.6 Å². The van der Waals surface area contributed by atoms with Crippen LogP contribution >= 0.6 is 0 Å². The molecule has 1 spiro atoms. The number of phenols is 1. The molecule has 96 valence electrons. The van der Waals surface area contributed by atoms with Crippen molar-refractivity contribution in [3.05, 3.63) is 18.2 Å². The van der Waals surface area contributed by atoms with Crippen LogP contribution in [0.15, 0.2) is 18.2 Å². The van der Waals surface area contributed by atoms with E-state index in [1.807, 2.05) is 6.07 Å². The molecule has 1 aromatic carbocycles. The van der Waals surface area contributed by atoms with Gasteiger partial charge in [0.25, 0.3) is 0 Å². The number of para-hydroxylation sites is 1. The zero-order chi connectivity index (χ0) is 12.9. The number of carbonyl (C=O) groups excluding carboxylic acids is 1. The quantitative estimate of drug-likeness (QED) is 0.800. The molecule has 1 amide bonds. The van der Waals surface area contributed by atoms with Crippen LogP contribution in [0.4, 0.5) is 11.4 Å². The third-order valence-corrected chi connectivity index (χ3v) is 4.08. The normalized spacial score (nSPS) is 20.6. The summed E-state index contributed by atoms with van der Waals surface area (Å²) >= 11 is 0. The number of anilines is 2. The van der Waals surface area contributed by atoms with Gasteiger partial charge in [0.15, 0.2) is 0 Å². The van der Waals surface area contributed by atoms with Crippen molar-refractivity contribution in [1.82, 2.24) is 0 Å². The van der Waals surface area contributed by atoms with Gasteiger partial charge >= 0.3 is 0 Å². The van der Waals surface area contributed by atoms with Crippen molar-refractivity contribution in [1.29, 1.82) is 0 Å². The molecule has 0 unspecified atom stereocenters. The molecule has 0 bridgehead atoms. The molecule has 1 heterocycles. The van der Waals surface area contributed by atoms with Crippen molar-refractivity contribution in [3.63, 3.8) is 0 Å². The van der Waals surface area contributed by atoms with Crippen molar-refractivity contribution >= 4 is 17.3 Å². The topological polar surface area (TPSA) is 52.6 Å². The van der Waals surface area contributed by atoms with Crippen molar-refractivity contribution in [2.75, 3.05) is 10.2 Å². The maximum absolute atomic E-state index is 12.4. The molecule has 1 aromatic rings. The number of aromatic hydroxyl groups is 1. The Morgan fingerprint density at radius 1 is 1.39 bits per heavy atom. The Morgan fingerprint density at radius 2 is 2.11 bits per heavy atom. The number of amides is 1. The highest BCUT2D eigenvalue weighted by molar-refractivity contribution is 6.08. The van der Waals surface area contributed by atoms with Gasteiger partial charge in [-0.1, -0.05) is 6.07 Å². The SMILES string of the molecule is CC(C)N1c2c(O)cccc2NC(=O)C12CCC2. The largest absolute Gasteiger partial charge is 0.506 e. The summed E-state index contributed by atoms with van der Waals surface area (Å²) in [6.07, 6.45) is 2.80. The van der Waals surface area contributed by atoms with E-state index in [4.69, 9.17) is 0 Å². The van der Waals surface area contributed by atoms with Gasteiger partial charge in [-0.15, -0.1) is 0 Å². The lowest BCUT2D eigenvalue weighted by atomic mass is 9.72. The van der Waals surface area contributed by atoms with Gasteiger partial charge in [-0.2, -0.15) is 0 Å². The van der Waals surface area contributed by atoms with Crippen LogP contribution in [0.2, 0.25) is 0 Å². The first-order chi connectivity index (χ1) is 8.56. The zero-order valence-electron chi connectivity index (χ0n) is 10.7. The van der Waals surface area contributed by atoms with E-state index in [2.05, 4.69) is 24.1 Å². The molecular formula is C14H18N2O2. The first-order valence-corrected chi connectivity index (χ1v) is 6.49. The molecule has 0 saturated heterocycles. The van der Waals surface area contributed by atoms with Gasteiger partial charge < -0.3 is 15.3 Å². The predicted octanol–water partition coefficient (Wildman–Crippen LogP) is 2.48. The Morgan fingerprint density at radius 3 is 2.67 bits per heavy atom. The minimum atomic E-state index is -0.444. The van der Waals surface area contributed by atoms with Crippen LogP contribution in [0, 0.1) is 0 Å². The second kappa shape index (κ2) is 3.64. The maximum Gasteiger partial charge on any atom is 0.250 e. The number of fused-ring (bicyclic) bond motifs is 1. The number of carbonyl (C=O) groups is 1.